The normalized spacial score (nSPS) is 13.6. The van der Waals surface area contributed by atoms with Gasteiger partial charge in [0.15, 0.2) is 0 Å². The molecule has 0 unspecified atom stereocenters. The third-order valence-corrected chi connectivity index (χ3v) is 4.87. The number of urea groups is 1. The zero-order valence-corrected chi connectivity index (χ0v) is 16.8. The van der Waals surface area contributed by atoms with E-state index < -0.39 is 5.97 Å². The molecular weight excluding hydrogens is 374 g/mol. The second-order valence-electron chi connectivity index (χ2n) is 6.48. The minimum atomic E-state index is -0.490. The van der Waals surface area contributed by atoms with Crippen LogP contribution in [0, 0.1) is 0 Å². The number of anilines is 2. The molecule has 1 heterocycles. The Hall–Kier alpha value is -3.42. The Morgan fingerprint density at radius 1 is 0.931 bits per heavy atom. The van der Waals surface area contributed by atoms with Gasteiger partial charge in [0, 0.05) is 32.2 Å². The molecule has 2 amide bonds. The van der Waals surface area contributed by atoms with Crippen molar-refractivity contribution in [2.24, 2.45) is 0 Å². The fourth-order valence-corrected chi connectivity index (χ4v) is 3.27. The van der Waals surface area contributed by atoms with E-state index >= 15 is 0 Å². The van der Waals surface area contributed by atoms with Crippen molar-refractivity contribution in [2.45, 2.75) is 0 Å². The quantitative estimate of drug-likeness (QED) is 0.779. The molecule has 3 rings (SSSR count). The van der Waals surface area contributed by atoms with Crippen molar-refractivity contribution in [3.8, 4) is 11.5 Å². The van der Waals surface area contributed by atoms with Gasteiger partial charge in [-0.05, 0) is 24.3 Å². The number of benzene rings is 2. The van der Waals surface area contributed by atoms with Gasteiger partial charge in [-0.25, -0.2) is 9.59 Å². The number of nitrogens with one attached hydrogen (secondary N) is 1. The number of esters is 1. The van der Waals surface area contributed by atoms with Crippen LogP contribution in [0.15, 0.2) is 42.5 Å². The van der Waals surface area contributed by atoms with Crippen molar-refractivity contribution in [3.63, 3.8) is 0 Å². The Morgan fingerprint density at radius 2 is 1.66 bits per heavy atom. The van der Waals surface area contributed by atoms with E-state index in [1.165, 1.54) is 7.11 Å². The summed E-state index contributed by atoms with van der Waals surface area (Å²) in [5, 5.41) is 2.81. The molecule has 1 N–H and O–H groups in total. The summed E-state index contributed by atoms with van der Waals surface area (Å²) >= 11 is 0. The van der Waals surface area contributed by atoms with Crippen molar-refractivity contribution in [2.75, 3.05) is 57.7 Å². The SMILES string of the molecule is COC(=O)c1ccccc1NC(=O)N1CCN(c2cc(OC)ccc2OC)CC1. The van der Waals surface area contributed by atoms with Gasteiger partial charge in [0.1, 0.15) is 11.5 Å². The van der Waals surface area contributed by atoms with E-state index in [1.54, 1.807) is 43.4 Å². The summed E-state index contributed by atoms with van der Waals surface area (Å²) in [5.41, 5.74) is 1.69. The van der Waals surface area contributed by atoms with Crippen molar-refractivity contribution in [3.05, 3.63) is 48.0 Å². The van der Waals surface area contributed by atoms with Gasteiger partial charge < -0.3 is 29.3 Å². The Labute approximate surface area is 170 Å². The van der Waals surface area contributed by atoms with E-state index in [9.17, 15) is 9.59 Å². The minimum Gasteiger partial charge on any atom is -0.497 e. The van der Waals surface area contributed by atoms with Crippen LogP contribution in [-0.4, -0.2) is 64.4 Å². The first-order valence-corrected chi connectivity index (χ1v) is 9.27. The highest BCUT2D eigenvalue weighted by Gasteiger charge is 2.24. The molecule has 8 heteroatoms. The number of rotatable bonds is 5. The van der Waals surface area contributed by atoms with Gasteiger partial charge in [-0.2, -0.15) is 0 Å². The molecule has 0 saturated carbocycles. The highest BCUT2D eigenvalue weighted by molar-refractivity contribution is 6.00. The number of hydrogen-bond donors (Lipinski definition) is 1. The van der Waals surface area contributed by atoms with Crippen LogP contribution >= 0.6 is 0 Å². The van der Waals surface area contributed by atoms with E-state index in [2.05, 4.69) is 10.2 Å². The fraction of sp³-hybridized carbons (Fsp3) is 0.333. The molecule has 0 bridgehead atoms. The Balaban J connectivity index is 1.66. The Kier molecular flexibility index (Phi) is 6.43. The van der Waals surface area contributed by atoms with Crippen LogP contribution in [0.3, 0.4) is 0 Å². The van der Waals surface area contributed by atoms with E-state index in [4.69, 9.17) is 14.2 Å². The first-order chi connectivity index (χ1) is 14.1. The molecule has 0 aliphatic carbocycles. The van der Waals surface area contributed by atoms with Crippen LogP contribution in [0.4, 0.5) is 16.2 Å². The molecule has 2 aromatic carbocycles. The molecule has 1 aliphatic heterocycles. The summed E-state index contributed by atoms with van der Waals surface area (Å²) in [5.74, 6) is 1.02. The molecule has 0 aromatic heterocycles. The van der Waals surface area contributed by atoms with Gasteiger partial charge in [-0.15, -0.1) is 0 Å². The van der Waals surface area contributed by atoms with Crippen molar-refractivity contribution in [1.29, 1.82) is 0 Å². The minimum absolute atomic E-state index is 0.251. The van der Waals surface area contributed by atoms with Crippen LogP contribution in [0.2, 0.25) is 0 Å². The largest absolute Gasteiger partial charge is 0.497 e. The molecule has 0 atom stereocenters. The van der Waals surface area contributed by atoms with Crippen LogP contribution in [0.1, 0.15) is 10.4 Å². The van der Waals surface area contributed by atoms with E-state index in [0.717, 1.165) is 17.2 Å². The van der Waals surface area contributed by atoms with E-state index in [-0.39, 0.29) is 6.03 Å². The lowest BCUT2D eigenvalue weighted by molar-refractivity contribution is 0.0602. The van der Waals surface area contributed by atoms with E-state index in [1.807, 2.05) is 18.2 Å². The molecule has 1 saturated heterocycles. The second kappa shape index (κ2) is 9.18. The molecule has 0 spiro atoms. The average molecular weight is 399 g/mol. The molecule has 1 fully saturated rings. The summed E-state index contributed by atoms with van der Waals surface area (Å²) in [4.78, 5) is 28.5. The van der Waals surface area contributed by atoms with Gasteiger partial charge in [-0.1, -0.05) is 12.1 Å². The standard InChI is InChI=1S/C21H25N3O5/c1-27-15-8-9-19(28-2)18(14-15)23-10-12-24(13-11-23)21(26)22-17-7-5-4-6-16(17)20(25)29-3/h4-9,14H,10-13H2,1-3H3,(H,22,26). The first-order valence-electron chi connectivity index (χ1n) is 9.27. The lowest BCUT2D eigenvalue weighted by Crippen LogP contribution is -2.50. The molecule has 2 aromatic rings. The van der Waals surface area contributed by atoms with Crippen molar-refractivity contribution >= 4 is 23.4 Å². The van der Waals surface area contributed by atoms with Crippen LogP contribution < -0.4 is 19.7 Å². The summed E-state index contributed by atoms with van der Waals surface area (Å²) in [6, 6.07) is 12.2. The maximum atomic E-state index is 12.7. The number of carbonyl (C=O) groups is 2. The summed E-state index contributed by atoms with van der Waals surface area (Å²) < 4.78 is 15.6. The zero-order valence-electron chi connectivity index (χ0n) is 16.8. The maximum absolute atomic E-state index is 12.7. The number of amides is 2. The van der Waals surface area contributed by atoms with Gasteiger partial charge in [-0.3, -0.25) is 0 Å². The highest BCUT2D eigenvalue weighted by Crippen LogP contribution is 2.33. The Bertz CT molecular complexity index is 878. The van der Waals surface area contributed by atoms with Gasteiger partial charge in [0.25, 0.3) is 0 Å². The molecule has 29 heavy (non-hydrogen) atoms. The highest BCUT2D eigenvalue weighted by atomic mass is 16.5. The number of para-hydroxylation sites is 1. The van der Waals surface area contributed by atoms with Gasteiger partial charge >= 0.3 is 12.0 Å². The lowest BCUT2D eigenvalue weighted by Gasteiger charge is -2.36. The van der Waals surface area contributed by atoms with Crippen LogP contribution in [0.5, 0.6) is 11.5 Å². The van der Waals surface area contributed by atoms with Crippen molar-refractivity contribution in [1.82, 2.24) is 4.90 Å². The molecule has 8 nitrogen and oxygen atoms in total. The van der Waals surface area contributed by atoms with Crippen LogP contribution in [-0.2, 0) is 4.74 Å². The smallest absolute Gasteiger partial charge is 0.339 e. The van der Waals surface area contributed by atoms with Gasteiger partial charge in [0.2, 0.25) is 0 Å². The maximum Gasteiger partial charge on any atom is 0.339 e. The molecule has 1 aliphatic rings. The molecule has 0 radical (unpaired) electrons. The number of piperazine rings is 1. The third-order valence-electron chi connectivity index (χ3n) is 4.87. The zero-order chi connectivity index (χ0) is 20.8. The second-order valence-corrected chi connectivity index (χ2v) is 6.48. The summed E-state index contributed by atoms with van der Waals surface area (Å²) in [6.07, 6.45) is 0. The number of carbonyl (C=O) groups excluding carboxylic acids is 2. The lowest BCUT2D eigenvalue weighted by atomic mass is 10.2. The predicted octanol–water partition coefficient (Wildman–Crippen LogP) is 2.84. The van der Waals surface area contributed by atoms with E-state index in [0.29, 0.717) is 37.4 Å². The number of methoxy groups -OCH3 is 3. The summed E-state index contributed by atoms with van der Waals surface area (Å²) in [6.45, 7) is 2.37. The average Bonchev–Trinajstić information content (AvgIpc) is 2.78. The monoisotopic (exact) mass is 399 g/mol. The fourth-order valence-electron chi connectivity index (χ4n) is 3.27. The first kappa shape index (κ1) is 20.3. The third kappa shape index (κ3) is 4.53. The number of nitrogens with zero attached hydrogens (tertiary/aromatic N) is 2. The molecular formula is C21H25N3O5. The van der Waals surface area contributed by atoms with Crippen molar-refractivity contribution < 1.29 is 23.8 Å². The predicted molar refractivity (Wildman–Crippen MR) is 110 cm³/mol. The van der Waals surface area contributed by atoms with Gasteiger partial charge in [0.05, 0.1) is 38.3 Å². The summed E-state index contributed by atoms with van der Waals surface area (Å²) in [7, 11) is 4.57. The van der Waals surface area contributed by atoms with Crippen LogP contribution in [0.25, 0.3) is 0 Å². The molecule has 154 valence electrons. The Morgan fingerprint density at radius 3 is 2.31 bits per heavy atom. The number of ether oxygens (including phenoxy) is 3. The topological polar surface area (TPSA) is 80.3 Å². The number of hydrogen-bond acceptors (Lipinski definition) is 6.